The van der Waals surface area contributed by atoms with Crippen molar-refractivity contribution < 1.29 is 13.2 Å². The second-order valence-electron chi connectivity index (χ2n) is 5.43. The predicted molar refractivity (Wildman–Crippen MR) is 66.1 cm³/mol. The molecule has 1 unspecified atom stereocenters. The van der Waals surface area contributed by atoms with E-state index in [1.165, 1.54) is 0 Å². The van der Waals surface area contributed by atoms with Crippen LogP contribution < -0.4 is 4.72 Å². The van der Waals surface area contributed by atoms with E-state index in [9.17, 15) is 13.2 Å². The van der Waals surface area contributed by atoms with Crippen LogP contribution >= 0.6 is 0 Å². The summed E-state index contributed by atoms with van der Waals surface area (Å²) in [5, 5.41) is -0.168. The molecule has 0 saturated heterocycles. The van der Waals surface area contributed by atoms with Gasteiger partial charge < -0.3 is 0 Å². The summed E-state index contributed by atoms with van der Waals surface area (Å²) < 4.78 is 26.4. The van der Waals surface area contributed by atoms with Crippen molar-refractivity contribution >= 4 is 15.8 Å². The van der Waals surface area contributed by atoms with Crippen molar-refractivity contribution in [1.29, 1.82) is 0 Å². The zero-order valence-electron chi connectivity index (χ0n) is 10.5. The molecule has 0 aromatic rings. The fourth-order valence-corrected chi connectivity index (χ4v) is 4.37. The second kappa shape index (κ2) is 4.69. The minimum absolute atomic E-state index is 0.0314. The van der Waals surface area contributed by atoms with E-state index in [2.05, 4.69) is 4.72 Å². The Labute approximate surface area is 103 Å². The number of ketones is 1. The van der Waals surface area contributed by atoms with Gasteiger partial charge in [0.05, 0.1) is 5.25 Å². The highest BCUT2D eigenvalue weighted by Gasteiger charge is 2.41. The second-order valence-corrected chi connectivity index (χ2v) is 7.43. The summed E-state index contributed by atoms with van der Waals surface area (Å²) >= 11 is 0. The van der Waals surface area contributed by atoms with Gasteiger partial charge in [0, 0.05) is 18.4 Å². The predicted octanol–water partition coefficient (Wildman–Crippen LogP) is 1.46. The van der Waals surface area contributed by atoms with Gasteiger partial charge in [0.2, 0.25) is 10.0 Å². The molecule has 4 nitrogen and oxygen atoms in total. The van der Waals surface area contributed by atoms with E-state index in [1.807, 2.05) is 13.8 Å². The third-order valence-electron chi connectivity index (χ3n) is 3.94. The monoisotopic (exact) mass is 259 g/mol. The molecule has 2 rings (SSSR count). The summed E-state index contributed by atoms with van der Waals surface area (Å²) in [4.78, 5) is 11.7. The molecule has 0 bridgehead atoms. The number of rotatable bonds is 5. The fourth-order valence-electron chi connectivity index (χ4n) is 2.76. The average molecular weight is 259 g/mol. The molecular formula is C12H21NO3S. The smallest absolute Gasteiger partial charge is 0.214 e. The number of hydrogen-bond donors (Lipinski definition) is 1. The first-order chi connectivity index (χ1) is 7.94. The van der Waals surface area contributed by atoms with Crippen molar-refractivity contribution in [3.05, 3.63) is 0 Å². The maximum atomic E-state index is 11.8. The highest BCUT2D eigenvalue weighted by Crippen LogP contribution is 2.35. The van der Waals surface area contributed by atoms with Crippen LogP contribution in [0, 0.1) is 11.8 Å². The van der Waals surface area contributed by atoms with E-state index in [0.717, 1.165) is 19.3 Å². The van der Waals surface area contributed by atoms with E-state index in [-0.39, 0.29) is 23.0 Å². The first-order valence-electron chi connectivity index (χ1n) is 6.48. The molecule has 0 spiro atoms. The topological polar surface area (TPSA) is 63.2 Å². The third kappa shape index (κ3) is 2.88. The van der Waals surface area contributed by atoms with Crippen molar-refractivity contribution in [1.82, 2.24) is 4.72 Å². The molecule has 98 valence electrons. The van der Waals surface area contributed by atoms with Crippen LogP contribution in [-0.2, 0) is 14.8 Å². The Kier molecular flexibility index (Phi) is 3.59. The number of sulfonamides is 1. The van der Waals surface area contributed by atoms with Crippen LogP contribution in [0.4, 0.5) is 0 Å². The first-order valence-corrected chi connectivity index (χ1v) is 8.02. The Morgan fingerprint density at radius 2 is 1.94 bits per heavy atom. The maximum absolute atomic E-state index is 11.8. The Bertz CT molecular complexity index is 400. The average Bonchev–Trinajstić information content (AvgIpc) is 3.04. The van der Waals surface area contributed by atoms with E-state index < -0.39 is 10.0 Å². The number of nitrogens with one attached hydrogen (secondary N) is 1. The SMILES string of the molecule is CCC(=O)[C@@H]1CC(NS(=O)(=O)C2CC2)C[C@@H]1C. The summed E-state index contributed by atoms with van der Waals surface area (Å²) in [5.41, 5.74) is 0. The molecular weight excluding hydrogens is 238 g/mol. The highest BCUT2D eigenvalue weighted by atomic mass is 32.2. The summed E-state index contributed by atoms with van der Waals surface area (Å²) in [6.45, 7) is 3.92. The Hall–Kier alpha value is -0.420. The van der Waals surface area contributed by atoms with Gasteiger partial charge in [0.15, 0.2) is 0 Å². The lowest BCUT2D eigenvalue weighted by molar-refractivity contribution is -0.123. The number of Topliss-reactive ketones (excluding diaryl/α,β-unsaturated/α-hetero) is 1. The Morgan fingerprint density at radius 3 is 2.47 bits per heavy atom. The normalized spacial score (nSPS) is 33.9. The van der Waals surface area contributed by atoms with Crippen molar-refractivity contribution in [2.24, 2.45) is 11.8 Å². The quantitative estimate of drug-likeness (QED) is 0.813. The van der Waals surface area contributed by atoms with E-state index in [4.69, 9.17) is 0 Å². The standard InChI is InChI=1S/C12H21NO3S/c1-3-12(14)11-7-9(6-8(11)2)13-17(15,16)10-4-5-10/h8-11,13H,3-7H2,1-2H3/t8-,9?,11+/m0/s1. The van der Waals surface area contributed by atoms with Crippen LogP contribution in [0.2, 0.25) is 0 Å². The van der Waals surface area contributed by atoms with Crippen LogP contribution in [0.3, 0.4) is 0 Å². The lowest BCUT2D eigenvalue weighted by Gasteiger charge is -2.12. The van der Waals surface area contributed by atoms with Crippen LogP contribution in [-0.4, -0.2) is 25.5 Å². The van der Waals surface area contributed by atoms with E-state index in [0.29, 0.717) is 18.8 Å². The zero-order valence-corrected chi connectivity index (χ0v) is 11.3. The molecule has 0 aromatic carbocycles. The van der Waals surface area contributed by atoms with Crippen LogP contribution in [0.25, 0.3) is 0 Å². The summed E-state index contributed by atoms with van der Waals surface area (Å²) in [5.74, 6) is 0.617. The van der Waals surface area contributed by atoms with Gasteiger partial charge in [-0.2, -0.15) is 0 Å². The van der Waals surface area contributed by atoms with Crippen LogP contribution in [0.1, 0.15) is 46.0 Å². The van der Waals surface area contributed by atoms with Crippen LogP contribution in [0.5, 0.6) is 0 Å². The first kappa shape index (κ1) is 13.0. The lowest BCUT2D eigenvalue weighted by atomic mass is 9.92. The molecule has 17 heavy (non-hydrogen) atoms. The van der Waals surface area contributed by atoms with Crippen molar-refractivity contribution in [3.63, 3.8) is 0 Å². The molecule has 0 aromatic heterocycles. The molecule has 2 aliphatic rings. The van der Waals surface area contributed by atoms with Crippen molar-refractivity contribution in [2.75, 3.05) is 0 Å². The lowest BCUT2D eigenvalue weighted by Crippen LogP contribution is -2.35. The van der Waals surface area contributed by atoms with Gasteiger partial charge in [0.25, 0.3) is 0 Å². The van der Waals surface area contributed by atoms with E-state index >= 15 is 0 Å². The molecule has 1 N–H and O–H groups in total. The largest absolute Gasteiger partial charge is 0.299 e. The molecule has 0 radical (unpaired) electrons. The van der Waals surface area contributed by atoms with Crippen molar-refractivity contribution in [2.45, 2.75) is 57.2 Å². The van der Waals surface area contributed by atoms with Gasteiger partial charge in [-0.15, -0.1) is 0 Å². The molecule has 2 fully saturated rings. The van der Waals surface area contributed by atoms with Gasteiger partial charge in [-0.25, -0.2) is 13.1 Å². The number of carbonyl (C=O) groups excluding carboxylic acids is 1. The van der Waals surface area contributed by atoms with Gasteiger partial charge in [-0.3, -0.25) is 4.79 Å². The third-order valence-corrected chi connectivity index (χ3v) is 5.95. The molecule has 2 aliphatic carbocycles. The van der Waals surface area contributed by atoms with Crippen LogP contribution in [0.15, 0.2) is 0 Å². The van der Waals surface area contributed by atoms with E-state index in [1.54, 1.807) is 0 Å². The number of hydrogen-bond acceptors (Lipinski definition) is 3. The van der Waals surface area contributed by atoms with Crippen molar-refractivity contribution in [3.8, 4) is 0 Å². The Balaban J connectivity index is 1.95. The summed E-state index contributed by atoms with van der Waals surface area (Å²) in [6.07, 6.45) is 3.60. The van der Waals surface area contributed by atoms with Gasteiger partial charge in [0.1, 0.15) is 5.78 Å². The number of carbonyl (C=O) groups is 1. The maximum Gasteiger partial charge on any atom is 0.214 e. The minimum atomic E-state index is -3.11. The zero-order chi connectivity index (χ0) is 12.6. The van der Waals surface area contributed by atoms with Gasteiger partial charge >= 0.3 is 0 Å². The summed E-state index contributed by atoms with van der Waals surface area (Å²) in [6, 6.07) is -0.0314. The summed E-state index contributed by atoms with van der Waals surface area (Å²) in [7, 11) is -3.11. The minimum Gasteiger partial charge on any atom is -0.299 e. The fraction of sp³-hybridized carbons (Fsp3) is 0.917. The Morgan fingerprint density at radius 1 is 1.29 bits per heavy atom. The molecule has 2 saturated carbocycles. The molecule has 0 amide bonds. The molecule has 3 atom stereocenters. The molecule has 5 heteroatoms. The van der Waals surface area contributed by atoms with Gasteiger partial charge in [-0.05, 0) is 31.6 Å². The van der Waals surface area contributed by atoms with Gasteiger partial charge in [-0.1, -0.05) is 13.8 Å². The molecule has 0 heterocycles. The highest BCUT2D eigenvalue weighted by molar-refractivity contribution is 7.90. The molecule has 0 aliphatic heterocycles.